The normalized spacial score (nSPS) is 19.9. The fourth-order valence-corrected chi connectivity index (χ4v) is 5.84. The Kier molecular flexibility index (Phi) is 5.82. The molecular weight excluding hydrogens is 414 g/mol. The van der Waals surface area contributed by atoms with Gasteiger partial charge in [0.05, 0.1) is 23.3 Å². The summed E-state index contributed by atoms with van der Waals surface area (Å²) in [6.07, 6.45) is 8.07. The molecule has 0 atom stereocenters. The van der Waals surface area contributed by atoms with Crippen LogP contribution in [0.15, 0.2) is 30.5 Å². The molecule has 0 radical (unpaired) electrons. The van der Waals surface area contributed by atoms with Gasteiger partial charge in [0, 0.05) is 6.42 Å². The first-order chi connectivity index (χ1) is 14.8. The number of carbonyl (C=O) groups excluding carboxylic acids is 1. The van der Waals surface area contributed by atoms with Crippen molar-refractivity contribution in [2.45, 2.75) is 50.5 Å². The zero-order valence-electron chi connectivity index (χ0n) is 17.2. The Hall–Kier alpha value is -2.76. The molecule has 1 aliphatic heterocycles. The van der Waals surface area contributed by atoms with E-state index in [1.54, 1.807) is 6.07 Å². The Bertz CT molecular complexity index is 1170. The molecule has 7 nitrogen and oxygen atoms in total. The van der Waals surface area contributed by atoms with E-state index >= 15 is 0 Å². The third-order valence-electron chi connectivity index (χ3n) is 6.25. The van der Waals surface area contributed by atoms with E-state index in [9.17, 15) is 18.3 Å². The molecule has 2 aliphatic rings. The van der Waals surface area contributed by atoms with Crippen LogP contribution < -0.4 is 0 Å². The maximum atomic E-state index is 12.8. The largest absolute Gasteiger partial charge is 0.385 e. The smallest absolute Gasteiger partial charge is 0.202 e. The van der Waals surface area contributed by atoms with Crippen molar-refractivity contribution in [1.29, 1.82) is 5.26 Å². The highest BCUT2D eigenvalue weighted by molar-refractivity contribution is 7.91. The van der Waals surface area contributed by atoms with Crippen LogP contribution in [0, 0.1) is 11.3 Å². The van der Waals surface area contributed by atoms with E-state index in [0.29, 0.717) is 5.56 Å². The minimum absolute atomic E-state index is 0.0263. The highest BCUT2D eigenvalue weighted by atomic mass is 32.2. The number of rotatable bonds is 5. The van der Waals surface area contributed by atoms with E-state index in [0.717, 1.165) is 42.4 Å². The molecule has 2 N–H and O–H groups in total. The lowest BCUT2D eigenvalue weighted by Crippen LogP contribution is -2.37. The highest BCUT2D eigenvalue weighted by Gasteiger charge is 2.37. The summed E-state index contributed by atoms with van der Waals surface area (Å²) in [4.78, 5) is 19.5. The molecule has 31 heavy (non-hydrogen) atoms. The van der Waals surface area contributed by atoms with Gasteiger partial charge < -0.3 is 10.1 Å². The van der Waals surface area contributed by atoms with E-state index in [4.69, 9.17) is 5.26 Å². The van der Waals surface area contributed by atoms with Crippen LogP contribution in [0.3, 0.4) is 0 Å². The van der Waals surface area contributed by atoms with Crippen LogP contribution in [0.5, 0.6) is 0 Å². The van der Waals surface area contributed by atoms with Gasteiger partial charge in [0.2, 0.25) is 5.78 Å². The summed E-state index contributed by atoms with van der Waals surface area (Å²) in [6.45, 7) is 0. The van der Waals surface area contributed by atoms with Gasteiger partial charge in [-0.2, -0.15) is 5.26 Å². The number of aliphatic hydroxyl groups is 1. The molecule has 1 fully saturated rings. The molecule has 1 aromatic heterocycles. The first-order valence-electron chi connectivity index (χ1n) is 10.5. The molecule has 162 valence electrons. The first kappa shape index (κ1) is 21.5. The van der Waals surface area contributed by atoms with E-state index in [1.165, 1.54) is 6.20 Å². The van der Waals surface area contributed by atoms with Crippen molar-refractivity contribution in [2.24, 2.45) is 0 Å². The highest BCUT2D eigenvalue weighted by Crippen LogP contribution is 2.37. The number of nitrogens with zero attached hydrogens (tertiary/aromatic N) is 2. The van der Waals surface area contributed by atoms with Crippen LogP contribution >= 0.6 is 0 Å². The minimum Gasteiger partial charge on any atom is -0.385 e. The van der Waals surface area contributed by atoms with E-state index in [2.05, 4.69) is 16.0 Å². The number of hydrogen-bond donors (Lipinski definition) is 2. The fourth-order valence-electron chi connectivity index (χ4n) is 4.34. The summed E-state index contributed by atoms with van der Waals surface area (Å²) in [7, 11) is -3.10. The molecule has 1 aliphatic carbocycles. The van der Waals surface area contributed by atoms with Gasteiger partial charge in [0.1, 0.15) is 11.8 Å². The second-order valence-corrected chi connectivity index (χ2v) is 10.7. The summed E-state index contributed by atoms with van der Waals surface area (Å²) in [5.41, 5.74) is 2.68. The number of H-pyrrole nitrogens is 1. The Balaban J connectivity index is 1.67. The molecule has 1 saturated heterocycles. The van der Waals surface area contributed by atoms with E-state index in [-0.39, 0.29) is 48.1 Å². The third-order valence-corrected chi connectivity index (χ3v) is 7.90. The topological polar surface area (TPSA) is 124 Å². The van der Waals surface area contributed by atoms with Crippen LogP contribution in [0.25, 0.3) is 5.57 Å². The van der Waals surface area contributed by atoms with Crippen LogP contribution in [0.1, 0.15) is 71.5 Å². The lowest BCUT2D eigenvalue weighted by Gasteiger charge is -2.33. The monoisotopic (exact) mass is 439 g/mol. The van der Waals surface area contributed by atoms with Gasteiger partial charge >= 0.3 is 0 Å². The van der Waals surface area contributed by atoms with Gasteiger partial charge in [0.25, 0.3) is 0 Å². The molecule has 8 heteroatoms. The SMILES string of the molecule is N#Cc1cnc(C(=O)Cc2ccc(C3(O)CCS(=O)(=O)CC3)cc2C2=CCCCC2)[nH]1. The van der Waals surface area contributed by atoms with Gasteiger partial charge in [-0.15, -0.1) is 0 Å². The average molecular weight is 440 g/mol. The lowest BCUT2D eigenvalue weighted by molar-refractivity contribution is 0.0263. The number of aromatic nitrogens is 2. The third kappa shape index (κ3) is 4.63. The standard InChI is InChI=1S/C23H25N3O4S/c24-14-19-15-25-22(26-19)21(27)12-17-6-7-18(13-20(17)16-4-2-1-3-5-16)23(28)8-10-31(29,30)11-9-23/h4,6-7,13,15,28H,1-3,5,8-12H2,(H,25,26). The summed E-state index contributed by atoms with van der Waals surface area (Å²) in [6, 6.07) is 7.52. The van der Waals surface area contributed by atoms with Crippen LogP contribution in [-0.4, -0.2) is 40.8 Å². The van der Waals surface area contributed by atoms with Crippen molar-refractivity contribution >= 4 is 21.2 Å². The lowest BCUT2D eigenvalue weighted by atomic mass is 9.82. The van der Waals surface area contributed by atoms with Crippen LogP contribution in [-0.2, 0) is 21.9 Å². The molecule has 0 amide bonds. The number of nitrogens with one attached hydrogen (secondary N) is 1. The fraction of sp³-hybridized carbons (Fsp3) is 0.435. The number of ketones is 1. The average Bonchev–Trinajstić information content (AvgIpc) is 3.26. The van der Waals surface area contributed by atoms with Gasteiger partial charge in [-0.1, -0.05) is 18.2 Å². The van der Waals surface area contributed by atoms with Gasteiger partial charge in [-0.25, -0.2) is 13.4 Å². The van der Waals surface area contributed by atoms with E-state index < -0.39 is 15.4 Å². The zero-order chi connectivity index (χ0) is 22.1. The quantitative estimate of drug-likeness (QED) is 0.690. The number of Topliss-reactive ketones (excluding diaryl/α,β-unsaturated/α-hetero) is 1. The van der Waals surface area contributed by atoms with Gasteiger partial charge in [-0.05, 0) is 66.9 Å². The van der Waals surface area contributed by atoms with Crippen molar-refractivity contribution in [3.63, 3.8) is 0 Å². The summed E-state index contributed by atoms with van der Waals surface area (Å²) >= 11 is 0. The van der Waals surface area contributed by atoms with Crippen molar-refractivity contribution in [3.05, 3.63) is 58.7 Å². The van der Waals surface area contributed by atoms with Crippen LogP contribution in [0.2, 0.25) is 0 Å². The summed E-state index contributed by atoms with van der Waals surface area (Å²) in [5, 5.41) is 20.1. The number of carbonyl (C=O) groups is 1. The molecule has 2 heterocycles. The zero-order valence-corrected chi connectivity index (χ0v) is 18.0. The molecule has 0 spiro atoms. The van der Waals surface area contributed by atoms with Crippen molar-refractivity contribution in [3.8, 4) is 6.07 Å². The molecule has 4 rings (SSSR count). The Morgan fingerprint density at radius 3 is 2.68 bits per heavy atom. The van der Waals surface area contributed by atoms with Crippen molar-refractivity contribution in [1.82, 2.24) is 9.97 Å². The molecule has 0 bridgehead atoms. The maximum Gasteiger partial charge on any atom is 0.202 e. The number of hydrogen-bond acceptors (Lipinski definition) is 6. The number of imidazole rings is 1. The Morgan fingerprint density at radius 1 is 1.26 bits per heavy atom. The maximum absolute atomic E-state index is 12.8. The molecule has 0 unspecified atom stereocenters. The second-order valence-electron chi connectivity index (χ2n) is 8.39. The van der Waals surface area contributed by atoms with Crippen molar-refractivity contribution < 1.29 is 18.3 Å². The second kappa shape index (κ2) is 8.40. The number of nitriles is 1. The number of allylic oxidation sites excluding steroid dienone is 2. The number of benzene rings is 1. The van der Waals surface area contributed by atoms with Gasteiger partial charge in [-0.3, -0.25) is 4.79 Å². The van der Waals surface area contributed by atoms with E-state index in [1.807, 2.05) is 18.2 Å². The Morgan fingerprint density at radius 2 is 2.03 bits per heavy atom. The minimum atomic E-state index is -3.10. The van der Waals surface area contributed by atoms with Crippen LogP contribution in [0.4, 0.5) is 0 Å². The predicted octanol–water partition coefficient (Wildman–Crippen LogP) is 3.06. The number of sulfone groups is 1. The summed E-state index contributed by atoms with van der Waals surface area (Å²) < 4.78 is 23.7. The predicted molar refractivity (Wildman–Crippen MR) is 116 cm³/mol. The molecular formula is C23H25N3O4S. The Labute approximate surface area is 181 Å². The molecule has 2 aromatic rings. The van der Waals surface area contributed by atoms with Gasteiger partial charge in [0.15, 0.2) is 15.7 Å². The number of aromatic amines is 1. The molecule has 1 aromatic carbocycles. The first-order valence-corrected chi connectivity index (χ1v) is 12.4. The molecule has 0 saturated carbocycles. The van der Waals surface area contributed by atoms with Crippen molar-refractivity contribution in [2.75, 3.05) is 11.5 Å². The summed E-state index contributed by atoms with van der Waals surface area (Å²) in [5.74, 6) is -0.113.